The lowest BCUT2D eigenvalue weighted by Crippen LogP contribution is -2.19. The monoisotopic (exact) mass is 251 g/mol. The molecule has 18 heavy (non-hydrogen) atoms. The molecule has 1 aromatic carbocycles. The Morgan fingerprint density at radius 2 is 2.17 bits per heavy atom. The van der Waals surface area contributed by atoms with E-state index in [9.17, 15) is 10.2 Å². The molecular weight excluding hydrogens is 234 g/mol. The molecule has 6 nitrogen and oxygen atoms in total. The molecule has 0 bridgehead atoms. The lowest BCUT2D eigenvalue weighted by molar-refractivity contribution is 0.0150. The molecule has 0 heterocycles. The molecule has 0 radical (unpaired) electrons. The maximum Gasteiger partial charge on any atom is 0.121 e. The van der Waals surface area contributed by atoms with Gasteiger partial charge in [0.15, 0.2) is 0 Å². The van der Waals surface area contributed by atoms with Gasteiger partial charge in [0.05, 0.1) is 13.2 Å². The van der Waals surface area contributed by atoms with Crippen LogP contribution in [0.25, 0.3) is 10.4 Å². The van der Waals surface area contributed by atoms with Crippen molar-refractivity contribution in [2.45, 2.75) is 25.6 Å². The average molecular weight is 251 g/mol. The summed E-state index contributed by atoms with van der Waals surface area (Å²) in [6.45, 7) is 2.02. The van der Waals surface area contributed by atoms with Crippen LogP contribution in [-0.2, 0) is 0 Å². The summed E-state index contributed by atoms with van der Waals surface area (Å²) in [6, 6.07) is 5.21. The van der Waals surface area contributed by atoms with Gasteiger partial charge in [-0.15, -0.1) is 0 Å². The van der Waals surface area contributed by atoms with Crippen LogP contribution in [0.2, 0.25) is 0 Å². The number of ether oxygens (including phenoxy) is 1. The maximum absolute atomic E-state index is 9.95. The smallest absolute Gasteiger partial charge is 0.121 e. The third-order valence-corrected chi connectivity index (χ3v) is 2.71. The first kappa shape index (κ1) is 14.3. The van der Waals surface area contributed by atoms with Crippen LogP contribution >= 0.6 is 0 Å². The third-order valence-electron chi connectivity index (χ3n) is 2.71. The second-order valence-electron chi connectivity index (χ2n) is 3.98. The Morgan fingerprint density at radius 3 is 2.72 bits per heavy atom. The molecule has 98 valence electrons. The summed E-state index contributed by atoms with van der Waals surface area (Å²) >= 11 is 0. The van der Waals surface area contributed by atoms with Crippen molar-refractivity contribution in [3.05, 3.63) is 39.8 Å². The van der Waals surface area contributed by atoms with E-state index in [1.54, 1.807) is 25.3 Å². The van der Waals surface area contributed by atoms with Crippen molar-refractivity contribution in [3.63, 3.8) is 0 Å². The molecule has 6 heteroatoms. The molecule has 1 aromatic rings. The lowest BCUT2D eigenvalue weighted by Gasteiger charge is -2.18. The first-order valence-electron chi connectivity index (χ1n) is 5.61. The molecule has 0 saturated heterocycles. The Morgan fingerprint density at radius 1 is 1.44 bits per heavy atom. The van der Waals surface area contributed by atoms with Crippen LogP contribution in [0.1, 0.15) is 23.7 Å². The third kappa shape index (κ3) is 3.63. The van der Waals surface area contributed by atoms with E-state index in [-0.39, 0.29) is 13.0 Å². The summed E-state index contributed by atoms with van der Waals surface area (Å²) in [5.74, 6) is 0.731. The van der Waals surface area contributed by atoms with E-state index in [4.69, 9.17) is 10.3 Å². The highest BCUT2D eigenvalue weighted by atomic mass is 16.5. The standard InChI is InChI=1S/C12H17N3O3/c1-8-7-9(3-4-11(8)18-2)12(17)10(16)5-6-14-15-13/h3-4,7,10,12,16-17H,5-6H2,1-2H3. The highest BCUT2D eigenvalue weighted by Crippen LogP contribution is 2.25. The van der Waals surface area contributed by atoms with E-state index < -0.39 is 12.2 Å². The van der Waals surface area contributed by atoms with Crippen LogP contribution in [0.3, 0.4) is 0 Å². The second kappa shape index (κ2) is 6.86. The highest BCUT2D eigenvalue weighted by molar-refractivity contribution is 5.37. The quantitative estimate of drug-likeness (QED) is 0.460. The van der Waals surface area contributed by atoms with E-state index in [0.717, 1.165) is 11.3 Å². The number of hydrogen-bond donors (Lipinski definition) is 2. The van der Waals surface area contributed by atoms with Gasteiger partial charge in [-0.25, -0.2) is 0 Å². The van der Waals surface area contributed by atoms with Crippen LogP contribution in [0.15, 0.2) is 23.3 Å². The largest absolute Gasteiger partial charge is 0.496 e. The van der Waals surface area contributed by atoms with Gasteiger partial charge in [-0.05, 0) is 42.1 Å². The SMILES string of the molecule is COc1ccc(C(O)C(O)CCN=[N+]=[N-])cc1C. The predicted octanol–water partition coefficient (Wildman–Crippen LogP) is 2.10. The Kier molecular flexibility index (Phi) is 5.45. The van der Waals surface area contributed by atoms with Crippen molar-refractivity contribution < 1.29 is 14.9 Å². The number of benzene rings is 1. The Bertz CT molecular complexity index is 444. The molecule has 0 aromatic heterocycles. The highest BCUT2D eigenvalue weighted by Gasteiger charge is 2.18. The normalized spacial score (nSPS) is 13.6. The van der Waals surface area contributed by atoms with Gasteiger partial charge in [-0.2, -0.15) is 0 Å². The van der Waals surface area contributed by atoms with Gasteiger partial charge >= 0.3 is 0 Å². The fourth-order valence-corrected chi connectivity index (χ4v) is 1.70. The van der Waals surface area contributed by atoms with Gasteiger partial charge in [0.25, 0.3) is 0 Å². The molecule has 0 aliphatic rings. The van der Waals surface area contributed by atoms with Crippen LogP contribution in [0, 0.1) is 6.92 Å². The lowest BCUT2D eigenvalue weighted by atomic mass is 10.00. The van der Waals surface area contributed by atoms with E-state index in [1.807, 2.05) is 6.92 Å². The van der Waals surface area contributed by atoms with Crippen molar-refractivity contribution in [2.75, 3.05) is 13.7 Å². The predicted molar refractivity (Wildman–Crippen MR) is 67.3 cm³/mol. The molecule has 0 saturated carbocycles. The fourth-order valence-electron chi connectivity index (χ4n) is 1.70. The van der Waals surface area contributed by atoms with E-state index >= 15 is 0 Å². The van der Waals surface area contributed by atoms with Gasteiger partial charge in [-0.1, -0.05) is 11.2 Å². The molecule has 2 N–H and O–H groups in total. The van der Waals surface area contributed by atoms with E-state index in [2.05, 4.69) is 10.0 Å². The number of rotatable bonds is 6. The molecule has 0 aliphatic heterocycles. The topological polar surface area (TPSA) is 98.5 Å². The number of hydrogen-bond acceptors (Lipinski definition) is 4. The molecule has 2 atom stereocenters. The number of azide groups is 1. The zero-order chi connectivity index (χ0) is 13.5. The van der Waals surface area contributed by atoms with Crippen molar-refractivity contribution in [2.24, 2.45) is 5.11 Å². The molecular formula is C12H17N3O3. The van der Waals surface area contributed by atoms with Gasteiger partial charge in [0, 0.05) is 11.5 Å². The molecule has 0 spiro atoms. The van der Waals surface area contributed by atoms with Gasteiger partial charge < -0.3 is 14.9 Å². The van der Waals surface area contributed by atoms with Crippen molar-refractivity contribution in [1.29, 1.82) is 0 Å². The van der Waals surface area contributed by atoms with Crippen LogP contribution in [0.5, 0.6) is 5.75 Å². The number of nitrogens with zero attached hydrogens (tertiary/aromatic N) is 3. The summed E-state index contributed by atoms with van der Waals surface area (Å²) in [4.78, 5) is 2.59. The van der Waals surface area contributed by atoms with Crippen molar-refractivity contribution in [3.8, 4) is 5.75 Å². The molecule has 0 amide bonds. The zero-order valence-electron chi connectivity index (χ0n) is 10.4. The molecule has 0 aliphatic carbocycles. The summed E-state index contributed by atoms with van der Waals surface area (Å²) in [5.41, 5.74) is 9.63. The van der Waals surface area contributed by atoms with Crippen LogP contribution in [-0.4, -0.2) is 30.0 Å². The van der Waals surface area contributed by atoms with Gasteiger partial charge in [-0.3, -0.25) is 0 Å². The molecule has 1 rings (SSSR count). The molecule has 0 fully saturated rings. The summed E-state index contributed by atoms with van der Waals surface area (Å²) in [6.07, 6.45) is -1.73. The Labute approximate surface area is 105 Å². The minimum absolute atomic E-state index is 0.157. The van der Waals surface area contributed by atoms with Crippen molar-refractivity contribution >= 4 is 0 Å². The minimum Gasteiger partial charge on any atom is -0.496 e. The fraction of sp³-hybridized carbons (Fsp3) is 0.500. The number of aliphatic hydroxyl groups is 2. The first-order chi connectivity index (χ1) is 8.60. The zero-order valence-corrected chi connectivity index (χ0v) is 10.4. The van der Waals surface area contributed by atoms with Crippen molar-refractivity contribution in [1.82, 2.24) is 0 Å². The van der Waals surface area contributed by atoms with E-state index in [1.165, 1.54) is 0 Å². The minimum atomic E-state index is -0.997. The second-order valence-corrected chi connectivity index (χ2v) is 3.98. The summed E-state index contributed by atoms with van der Waals surface area (Å²) in [7, 11) is 1.58. The first-order valence-corrected chi connectivity index (χ1v) is 5.61. The maximum atomic E-state index is 9.95. The number of aryl methyl sites for hydroxylation is 1. The molecule has 2 unspecified atom stereocenters. The van der Waals surface area contributed by atoms with Crippen LogP contribution in [0.4, 0.5) is 0 Å². The number of aliphatic hydroxyl groups excluding tert-OH is 2. The average Bonchev–Trinajstić information content (AvgIpc) is 2.38. The Hall–Kier alpha value is -1.75. The Balaban J connectivity index is 2.73. The summed E-state index contributed by atoms with van der Waals surface area (Å²) in [5, 5.41) is 23.0. The van der Waals surface area contributed by atoms with Gasteiger partial charge in [0.1, 0.15) is 11.9 Å². The number of methoxy groups -OCH3 is 1. The van der Waals surface area contributed by atoms with E-state index in [0.29, 0.717) is 5.56 Å². The summed E-state index contributed by atoms with van der Waals surface area (Å²) < 4.78 is 5.12. The van der Waals surface area contributed by atoms with Crippen LogP contribution < -0.4 is 4.74 Å². The van der Waals surface area contributed by atoms with Gasteiger partial charge in [0.2, 0.25) is 0 Å².